The maximum Gasteiger partial charge on any atom is 0.323 e. The lowest BCUT2D eigenvalue weighted by atomic mass is 10.0. The predicted octanol–water partition coefficient (Wildman–Crippen LogP) is 1.83. The maximum absolute atomic E-state index is 12.4. The zero-order valence-corrected chi connectivity index (χ0v) is 11.6. The highest BCUT2D eigenvalue weighted by atomic mass is 32.2. The molecule has 19 heavy (non-hydrogen) atoms. The molecule has 0 aliphatic carbocycles. The molecule has 1 aromatic rings. The van der Waals surface area contributed by atoms with E-state index in [2.05, 4.69) is 0 Å². The van der Waals surface area contributed by atoms with E-state index >= 15 is 0 Å². The van der Waals surface area contributed by atoms with Crippen molar-refractivity contribution in [1.29, 1.82) is 0 Å². The standard InChI is InChI=1S/C13H17NO4S/c1-9-4-6-19-12(9)13(17)14(8-11(15)16)7-10-3-2-5-18-10/h2-3,5,9,12H,4,6-8H2,1H3,(H,15,16). The van der Waals surface area contributed by atoms with E-state index in [0.717, 1.165) is 12.2 Å². The lowest BCUT2D eigenvalue weighted by Gasteiger charge is -2.24. The van der Waals surface area contributed by atoms with Crippen molar-refractivity contribution in [2.75, 3.05) is 12.3 Å². The van der Waals surface area contributed by atoms with E-state index in [-0.39, 0.29) is 24.2 Å². The molecule has 1 aliphatic heterocycles. The van der Waals surface area contributed by atoms with Gasteiger partial charge >= 0.3 is 5.97 Å². The van der Waals surface area contributed by atoms with Crippen LogP contribution in [-0.2, 0) is 16.1 Å². The Labute approximate surface area is 116 Å². The van der Waals surface area contributed by atoms with E-state index in [0.29, 0.717) is 11.7 Å². The first kappa shape index (κ1) is 14.0. The van der Waals surface area contributed by atoms with Crippen LogP contribution in [0.2, 0.25) is 0 Å². The van der Waals surface area contributed by atoms with Crippen molar-refractivity contribution in [3.63, 3.8) is 0 Å². The molecule has 2 rings (SSSR count). The highest BCUT2D eigenvalue weighted by molar-refractivity contribution is 8.00. The number of thioether (sulfide) groups is 1. The van der Waals surface area contributed by atoms with Gasteiger partial charge in [0.05, 0.1) is 18.1 Å². The minimum atomic E-state index is -1.00. The first-order chi connectivity index (χ1) is 9.08. The van der Waals surface area contributed by atoms with Crippen LogP contribution in [0.15, 0.2) is 22.8 Å². The Morgan fingerprint density at radius 1 is 1.58 bits per heavy atom. The van der Waals surface area contributed by atoms with Gasteiger partial charge < -0.3 is 14.4 Å². The molecule has 1 N–H and O–H groups in total. The minimum absolute atomic E-state index is 0.103. The Kier molecular flexibility index (Phi) is 4.52. The van der Waals surface area contributed by atoms with Crippen molar-refractivity contribution < 1.29 is 19.1 Å². The summed E-state index contributed by atoms with van der Waals surface area (Å²) < 4.78 is 5.19. The number of carbonyl (C=O) groups is 2. The fourth-order valence-corrected chi connectivity index (χ4v) is 3.67. The molecule has 1 amide bonds. The zero-order valence-electron chi connectivity index (χ0n) is 10.7. The number of hydrogen-bond donors (Lipinski definition) is 1. The van der Waals surface area contributed by atoms with Crippen LogP contribution in [-0.4, -0.2) is 39.4 Å². The van der Waals surface area contributed by atoms with Gasteiger partial charge in [0.1, 0.15) is 12.3 Å². The van der Waals surface area contributed by atoms with Gasteiger partial charge in [0.15, 0.2) is 0 Å². The number of furan rings is 1. The van der Waals surface area contributed by atoms with Crippen LogP contribution in [0.1, 0.15) is 19.1 Å². The lowest BCUT2D eigenvalue weighted by molar-refractivity contribution is -0.145. The third-order valence-corrected chi connectivity index (χ3v) is 4.69. The van der Waals surface area contributed by atoms with Gasteiger partial charge in [-0.05, 0) is 30.2 Å². The van der Waals surface area contributed by atoms with Gasteiger partial charge in [0.2, 0.25) is 5.91 Å². The summed E-state index contributed by atoms with van der Waals surface area (Å²) in [6.07, 6.45) is 2.52. The second-order valence-corrected chi connectivity index (χ2v) is 5.97. The summed E-state index contributed by atoms with van der Waals surface area (Å²) in [7, 11) is 0. The van der Waals surface area contributed by atoms with Gasteiger partial charge in [-0.2, -0.15) is 0 Å². The smallest absolute Gasteiger partial charge is 0.323 e. The summed E-state index contributed by atoms with van der Waals surface area (Å²) in [5.41, 5.74) is 0. The zero-order chi connectivity index (χ0) is 13.8. The van der Waals surface area contributed by atoms with Gasteiger partial charge in [-0.1, -0.05) is 6.92 Å². The third-order valence-electron chi connectivity index (χ3n) is 3.20. The summed E-state index contributed by atoms with van der Waals surface area (Å²) in [6, 6.07) is 3.47. The number of carboxylic acids is 1. The molecular formula is C13H17NO4S. The molecule has 0 spiro atoms. The highest BCUT2D eigenvalue weighted by Gasteiger charge is 2.34. The molecule has 0 radical (unpaired) electrons. The minimum Gasteiger partial charge on any atom is -0.480 e. The highest BCUT2D eigenvalue weighted by Crippen LogP contribution is 2.33. The fourth-order valence-electron chi connectivity index (χ4n) is 2.16. The molecule has 1 saturated heterocycles. The summed E-state index contributed by atoms with van der Waals surface area (Å²) in [4.78, 5) is 24.7. The van der Waals surface area contributed by atoms with Crippen molar-refractivity contribution >= 4 is 23.6 Å². The number of nitrogens with zero attached hydrogens (tertiary/aromatic N) is 1. The van der Waals surface area contributed by atoms with E-state index in [9.17, 15) is 9.59 Å². The molecule has 2 unspecified atom stereocenters. The Bertz CT molecular complexity index is 446. The van der Waals surface area contributed by atoms with E-state index in [1.54, 1.807) is 23.9 Å². The van der Waals surface area contributed by atoms with Crippen LogP contribution in [0.4, 0.5) is 0 Å². The number of carbonyl (C=O) groups excluding carboxylic acids is 1. The predicted molar refractivity (Wildman–Crippen MR) is 71.8 cm³/mol. The van der Waals surface area contributed by atoms with E-state index < -0.39 is 5.97 Å². The van der Waals surface area contributed by atoms with Gasteiger partial charge in [0, 0.05) is 0 Å². The topological polar surface area (TPSA) is 70.8 Å². The average Bonchev–Trinajstić information content (AvgIpc) is 2.98. The summed E-state index contributed by atoms with van der Waals surface area (Å²) >= 11 is 1.61. The molecule has 1 aromatic heterocycles. The molecule has 0 saturated carbocycles. The van der Waals surface area contributed by atoms with Gasteiger partial charge in [-0.15, -0.1) is 11.8 Å². The van der Waals surface area contributed by atoms with Crippen molar-refractivity contribution in [2.45, 2.75) is 25.1 Å². The van der Waals surface area contributed by atoms with Crippen molar-refractivity contribution in [3.8, 4) is 0 Å². The molecule has 2 heterocycles. The Hall–Kier alpha value is -1.43. The quantitative estimate of drug-likeness (QED) is 0.892. The van der Waals surface area contributed by atoms with Crippen LogP contribution in [0, 0.1) is 5.92 Å². The van der Waals surface area contributed by atoms with Crippen molar-refractivity contribution in [3.05, 3.63) is 24.2 Å². The molecule has 2 atom stereocenters. The van der Waals surface area contributed by atoms with Crippen LogP contribution in [0.5, 0.6) is 0 Å². The summed E-state index contributed by atoms with van der Waals surface area (Å²) in [6.45, 7) is 1.96. The molecule has 104 valence electrons. The summed E-state index contributed by atoms with van der Waals surface area (Å²) in [5, 5.41) is 8.81. The number of amides is 1. The SMILES string of the molecule is CC1CCSC1C(=O)N(CC(=O)O)Cc1ccco1. The number of rotatable bonds is 5. The average molecular weight is 283 g/mol. The molecular weight excluding hydrogens is 266 g/mol. The molecule has 5 nitrogen and oxygen atoms in total. The van der Waals surface area contributed by atoms with E-state index in [1.165, 1.54) is 11.2 Å². The molecule has 6 heteroatoms. The summed E-state index contributed by atoms with van der Waals surface area (Å²) in [5.74, 6) is 0.749. The van der Waals surface area contributed by atoms with E-state index in [4.69, 9.17) is 9.52 Å². The Balaban J connectivity index is 2.07. The molecule has 0 bridgehead atoms. The largest absolute Gasteiger partial charge is 0.480 e. The van der Waals surface area contributed by atoms with Gasteiger partial charge in [-0.3, -0.25) is 9.59 Å². The van der Waals surface area contributed by atoms with Crippen LogP contribution in [0.3, 0.4) is 0 Å². The number of carboxylic acid groups (broad SMARTS) is 1. The fraction of sp³-hybridized carbons (Fsp3) is 0.538. The monoisotopic (exact) mass is 283 g/mol. The maximum atomic E-state index is 12.4. The number of hydrogen-bond acceptors (Lipinski definition) is 4. The van der Waals surface area contributed by atoms with Crippen LogP contribution in [0.25, 0.3) is 0 Å². The molecule has 1 aliphatic rings. The first-order valence-corrected chi connectivity index (χ1v) is 7.27. The van der Waals surface area contributed by atoms with Crippen molar-refractivity contribution in [2.24, 2.45) is 5.92 Å². The first-order valence-electron chi connectivity index (χ1n) is 6.22. The molecule has 1 fully saturated rings. The van der Waals surface area contributed by atoms with Gasteiger partial charge in [0.25, 0.3) is 0 Å². The van der Waals surface area contributed by atoms with Crippen LogP contribution < -0.4 is 0 Å². The third kappa shape index (κ3) is 3.53. The van der Waals surface area contributed by atoms with Gasteiger partial charge in [-0.25, -0.2) is 0 Å². The second-order valence-electron chi connectivity index (χ2n) is 4.72. The number of aliphatic carboxylic acids is 1. The lowest BCUT2D eigenvalue weighted by Crippen LogP contribution is -2.41. The van der Waals surface area contributed by atoms with Crippen LogP contribution >= 0.6 is 11.8 Å². The Morgan fingerprint density at radius 3 is 2.89 bits per heavy atom. The van der Waals surface area contributed by atoms with E-state index in [1.807, 2.05) is 6.92 Å². The normalized spacial score (nSPS) is 22.4. The second kappa shape index (κ2) is 6.14. The molecule has 0 aromatic carbocycles. The Morgan fingerprint density at radius 2 is 2.37 bits per heavy atom. The van der Waals surface area contributed by atoms with Crippen molar-refractivity contribution in [1.82, 2.24) is 4.90 Å².